The van der Waals surface area contributed by atoms with E-state index in [0.29, 0.717) is 5.56 Å². The largest absolute Gasteiger partial charge is 0.465 e. The average molecular weight is 351 g/mol. The maximum atomic E-state index is 11.4. The van der Waals surface area contributed by atoms with Gasteiger partial charge in [0.1, 0.15) is 0 Å². The highest BCUT2D eigenvalue weighted by atomic mass is 79.9. The van der Waals surface area contributed by atoms with Crippen molar-refractivity contribution >= 4 is 33.7 Å². The van der Waals surface area contributed by atoms with E-state index in [1.807, 2.05) is 12.1 Å². The second kappa shape index (κ2) is 6.95. The van der Waals surface area contributed by atoms with E-state index in [1.54, 1.807) is 23.9 Å². The lowest BCUT2D eigenvalue weighted by atomic mass is 10.2. The summed E-state index contributed by atoms with van der Waals surface area (Å²) in [6, 6.07) is 13.8. The van der Waals surface area contributed by atoms with Gasteiger partial charge in [-0.25, -0.2) is 4.79 Å². The molecule has 0 N–H and O–H groups in total. The minimum atomic E-state index is -0.307. The molecule has 0 fully saturated rings. The van der Waals surface area contributed by atoms with Crippen LogP contribution in [0.2, 0.25) is 0 Å². The standard InChI is InChI=1S/C16H15BrO2S/c1-3-11-10-14(8-9-15(11)17)20-13-6-4-12(5-7-13)16(18)19-2/h4-10H,3H2,1-2H3. The van der Waals surface area contributed by atoms with E-state index in [1.165, 1.54) is 17.6 Å². The van der Waals surface area contributed by atoms with Gasteiger partial charge in [-0.05, 0) is 54.4 Å². The molecule has 0 spiro atoms. The Balaban J connectivity index is 2.16. The van der Waals surface area contributed by atoms with Crippen molar-refractivity contribution in [1.29, 1.82) is 0 Å². The summed E-state index contributed by atoms with van der Waals surface area (Å²) in [5.74, 6) is -0.307. The molecule has 0 amide bonds. The zero-order valence-electron chi connectivity index (χ0n) is 11.4. The van der Waals surface area contributed by atoms with Crippen LogP contribution in [0, 0.1) is 0 Å². The summed E-state index contributed by atoms with van der Waals surface area (Å²) >= 11 is 5.23. The topological polar surface area (TPSA) is 26.3 Å². The number of hydrogen-bond donors (Lipinski definition) is 0. The Bertz CT molecular complexity index is 608. The number of carbonyl (C=O) groups is 1. The Morgan fingerprint density at radius 2 is 1.80 bits per heavy atom. The van der Waals surface area contributed by atoms with E-state index >= 15 is 0 Å². The quantitative estimate of drug-likeness (QED) is 0.729. The van der Waals surface area contributed by atoms with Crippen LogP contribution in [0.1, 0.15) is 22.8 Å². The molecule has 2 nitrogen and oxygen atoms in total. The van der Waals surface area contributed by atoms with Gasteiger partial charge in [-0.2, -0.15) is 0 Å². The lowest BCUT2D eigenvalue weighted by molar-refractivity contribution is 0.0600. The van der Waals surface area contributed by atoms with Crippen molar-refractivity contribution < 1.29 is 9.53 Å². The molecular formula is C16H15BrO2S. The van der Waals surface area contributed by atoms with E-state index in [2.05, 4.69) is 45.8 Å². The summed E-state index contributed by atoms with van der Waals surface area (Å²) in [6.07, 6.45) is 0.996. The third kappa shape index (κ3) is 3.64. The number of esters is 1. The van der Waals surface area contributed by atoms with Gasteiger partial charge in [-0.3, -0.25) is 0 Å². The molecule has 0 unspecified atom stereocenters. The molecule has 4 heteroatoms. The molecule has 0 atom stereocenters. The summed E-state index contributed by atoms with van der Waals surface area (Å²) < 4.78 is 5.83. The maximum absolute atomic E-state index is 11.4. The summed E-state index contributed by atoms with van der Waals surface area (Å²) in [5.41, 5.74) is 1.86. The van der Waals surface area contributed by atoms with Gasteiger partial charge < -0.3 is 4.74 Å². The molecule has 0 bridgehead atoms. The van der Waals surface area contributed by atoms with E-state index in [0.717, 1.165) is 15.8 Å². The number of hydrogen-bond acceptors (Lipinski definition) is 3. The highest BCUT2D eigenvalue weighted by Crippen LogP contribution is 2.31. The van der Waals surface area contributed by atoms with Gasteiger partial charge in [0.15, 0.2) is 0 Å². The molecule has 2 rings (SSSR count). The highest BCUT2D eigenvalue weighted by molar-refractivity contribution is 9.10. The maximum Gasteiger partial charge on any atom is 0.337 e. The molecule has 0 radical (unpaired) electrons. The Morgan fingerprint density at radius 3 is 2.40 bits per heavy atom. The van der Waals surface area contributed by atoms with Crippen LogP contribution in [0.3, 0.4) is 0 Å². The van der Waals surface area contributed by atoms with Crippen molar-refractivity contribution in [3.8, 4) is 0 Å². The lowest BCUT2D eigenvalue weighted by Crippen LogP contribution is -2.00. The van der Waals surface area contributed by atoms with E-state index in [4.69, 9.17) is 0 Å². The van der Waals surface area contributed by atoms with Crippen LogP contribution in [0.25, 0.3) is 0 Å². The van der Waals surface area contributed by atoms with Crippen LogP contribution in [0.15, 0.2) is 56.7 Å². The predicted octanol–water partition coefficient (Wildman–Crippen LogP) is 4.95. The predicted molar refractivity (Wildman–Crippen MR) is 85.4 cm³/mol. The molecule has 20 heavy (non-hydrogen) atoms. The summed E-state index contributed by atoms with van der Waals surface area (Å²) in [6.45, 7) is 2.14. The first-order valence-corrected chi connectivity index (χ1v) is 7.89. The summed E-state index contributed by atoms with van der Waals surface area (Å²) in [7, 11) is 1.39. The van der Waals surface area contributed by atoms with Crippen molar-refractivity contribution in [1.82, 2.24) is 0 Å². The smallest absolute Gasteiger partial charge is 0.337 e. The Labute approximate surface area is 131 Å². The van der Waals surface area contributed by atoms with Crippen LogP contribution >= 0.6 is 27.7 Å². The number of aryl methyl sites for hydroxylation is 1. The van der Waals surface area contributed by atoms with Gasteiger partial charge in [0.25, 0.3) is 0 Å². The van der Waals surface area contributed by atoms with E-state index in [-0.39, 0.29) is 5.97 Å². The van der Waals surface area contributed by atoms with Gasteiger partial charge in [0.05, 0.1) is 12.7 Å². The lowest BCUT2D eigenvalue weighted by Gasteiger charge is -2.06. The molecular weight excluding hydrogens is 336 g/mol. The van der Waals surface area contributed by atoms with Crippen LogP contribution in [0.5, 0.6) is 0 Å². The SMILES string of the molecule is CCc1cc(Sc2ccc(C(=O)OC)cc2)ccc1Br. The zero-order valence-corrected chi connectivity index (χ0v) is 13.8. The molecule has 104 valence electrons. The van der Waals surface area contributed by atoms with Crippen molar-refractivity contribution in [3.63, 3.8) is 0 Å². The molecule has 0 aliphatic heterocycles. The second-order valence-corrected chi connectivity index (χ2v) is 6.23. The third-order valence-corrected chi connectivity index (χ3v) is 4.68. The number of rotatable bonds is 4. The average Bonchev–Trinajstić information content (AvgIpc) is 2.49. The Morgan fingerprint density at radius 1 is 1.15 bits per heavy atom. The number of ether oxygens (including phenoxy) is 1. The van der Waals surface area contributed by atoms with Gasteiger partial charge in [-0.15, -0.1) is 0 Å². The minimum absolute atomic E-state index is 0.307. The second-order valence-electron chi connectivity index (χ2n) is 4.22. The fraction of sp³-hybridized carbons (Fsp3) is 0.188. The summed E-state index contributed by atoms with van der Waals surface area (Å²) in [5, 5.41) is 0. The molecule has 2 aromatic carbocycles. The van der Waals surface area contributed by atoms with Crippen molar-refractivity contribution in [3.05, 3.63) is 58.1 Å². The molecule has 0 aromatic heterocycles. The molecule has 2 aromatic rings. The van der Waals surface area contributed by atoms with Crippen molar-refractivity contribution in [2.24, 2.45) is 0 Å². The van der Waals surface area contributed by atoms with Crippen LogP contribution in [0.4, 0.5) is 0 Å². The van der Waals surface area contributed by atoms with Crippen LogP contribution < -0.4 is 0 Å². The Hall–Kier alpha value is -1.26. The highest BCUT2D eigenvalue weighted by Gasteiger charge is 2.06. The minimum Gasteiger partial charge on any atom is -0.465 e. The number of methoxy groups -OCH3 is 1. The first kappa shape index (κ1) is 15.1. The third-order valence-electron chi connectivity index (χ3n) is 2.91. The van der Waals surface area contributed by atoms with Gasteiger partial charge >= 0.3 is 5.97 Å². The van der Waals surface area contributed by atoms with Crippen LogP contribution in [-0.4, -0.2) is 13.1 Å². The number of carbonyl (C=O) groups excluding carboxylic acids is 1. The fourth-order valence-corrected chi connectivity index (χ4v) is 3.21. The Kier molecular flexibility index (Phi) is 5.26. The van der Waals surface area contributed by atoms with Crippen LogP contribution in [-0.2, 0) is 11.2 Å². The molecule has 0 saturated heterocycles. The van der Waals surface area contributed by atoms with Gasteiger partial charge in [0, 0.05) is 14.3 Å². The first-order valence-electron chi connectivity index (χ1n) is 6.28. The van der Waals surface area contributed by atoms with Crippen molar-refractivity contribution in [2.75, 3.05) is 7.11 Å². The van der Waals surface area contributed by atoms with Gasteiger partial charge in [0.2, 0.25) is 0 Å². The monoisotopic (exact) mass is 350 g/mol. The first-order chi connectivity index (χ1) is 9.63. The number of benzene rings is 2. The molecule has 0 saturated carbocycles. The van der Waals surface area contributed by atoms with Gasteiger partial charge in [-0.1, -0.05) is 34.6 Å². The van der Waals surface area contributed by atoms with E-state index < -0.39 is 0 Å². The number of halogens is 1. The molecule has 0 heterocycles. The van der Waals surface area contributed by atoms with E-state index in [9.17, 15) is 4.79 Å². The summed E-state index contributed by atoms with van der Waals surface area (Å²) in [4.78, 5) is 13.7. The fourth-order valence-electron chi connectivity index (χ4n) is 1.80. The molecule has 0 aliphatic rings. The molecule has 0 aliphatic carbocycles. The zero-order chi connectivity index (χ0) is 14.5. The normalized spacial score (nSPS) is 10.3. The van der Waals surface area contributed by atoms with Crippen molar-refractivity contribution in [2.45, 2.75) is 23.1 Å².